The monoisotopic (exact) mass is 248 g/mol. The minimum Gasteiger partial charge on any atom is -0.418 e. The van der Waals surface area contributed by atoms with Crippen molar-refractivity contribution in [3.05, 3.63) is 0 Å². The third kappa shape index (κ3) is 10.6. The van der Waals surface area contributed by atoms with Gasteiger partial charge >= 0.3 is 0 Å². The van der Waals surface area contributed by atoms with Gasteiger partial charge < -0.3 is 13.9 Å². The SMILES string of the molecule is CCO[Si](C)(C)CCCOCCCCOC. The molecule has 0 aliphatic carbocycles. The Balaban J connectivity index is 3.20. The fourth-order valence-electron chi connectivity index (χ4n) is 1.62. The Labute approximate surface area is 102 Å². The lowest BCUT2D eigenvalue weighted by molar-refractivity contribution is 0.118. The quantitative estimate of drug-likeness (QED) is 0.415. The number of ether oxygens (including phenoxy) is 2. The molecule has 0 bridgehead atoms. The summed E-state index contributed by atoms with van der Waals surface area (Å²) in [6.45, 7) is 10.0. The Hall–Kier alpha value is 0.0969. The molecule has 0 aliphatic heterocycles. The van der Waals surface area contributed by atoms with Gasteiger partial charge in [0.1, 0.15) is 0 Å². The normalized spacial score (nSPS) is 12.0. The van der Waals surface area contributed by atoms with Crippen molar-refractivity contribution in [2.45, 2.75) is 45.3 Å². The van der Waals surface area contributed by atoms with Gasteiger partial charge in [-0.3, -0.25) is 0 Å². The second-order valence-electron chi connectivity index (χ2n) is 4.61. The predicted molar refractivity (Wildman–Crippen MR) is 70.5 cm³/mol. The van der Waals surface area contributed by atoms with Gasteiger partial charge in [0, 0.05) is 33.5 Å². The molecule has 16 heavy (non-hydrogen) atoms. The number of unbranched alkanes of at least 4 members (excludes halogenated alkanes) is 1. The highest BCUT2D eigenvalue weighted by molar-refractivity contribution is 6.71. The van der Waals surface area contributed by atoms with Crippen molar-refractivity contribution >= 4 is 8.32 Å². The molecule has 0 aromatic carbocycles. The minimum absolute atomic E-state index is 0.841. The Morgan fingerprint density at radius 3 is 2.19 bits per heavy atom. The van der Waals surface area contributed by atoms with Crippen LogP contribution < -0.4 is 0 Å². The van der Waals surface area contributed by atoms with Gasteiger partial charge in [-0.1, -0.05) is 0 Å². The van der Waals surface area contributed by atoms with Gasteiger partial charge in [0.25, 0.3) is 0 Å². The zero-order chi connectivity index (χ0) is 12.3. The van der Waals surface area contributed by atoms with Gasteiger partial charge in [-0.25, -0.2) is 0 Å². The molecule has 0 spiro atoms. The van der Waals surface area contributed by atoms with Crippen LogP contribution in [0, 0.1) is 0 Å². The van der Waals surface area contributed by atoms with Crippen molar-refractivity contribution < 1.29 is 13.9 Å². The van der Waals surface area contributed by atoms with E-state index in [0.29, 0.717) is 0 Å². The molecule has 0 saturated heterocycles. The first-order valence-corrected chi connectivity index (χ1v) is 9.44. The third-order valence-corrected chi connectivity index (χ3v) is 5.12. The molecule has 0 aromatic rings. The third-order valence-electron chi connectivity index (χ3n) is 2.49. The van der Waals surface area contributed by atoms with Crippen LogP contribution in [0.15, 0.2) is 0 Å². The standard InChI is InChI=1S/C12H28O3Si/c1-5-15-16(3,4)12-8-11-14-10-7-6-9-13-2/h5-12H2,1-4H3. The van der Waals surface area contributed by atoms with Crippen molar-refractivity contribution in [3.63, 3.8) is 0 Å². The van der Waals surface area contributed by atoms with Crippen molar-refractivity contribution in [2.75, 3.05) is 33.5 Å². The second-order valence-corrected chi connectivity index (χ2v) is 8.92. The van der Waals surface area contributed by atoms with E-state index >= 15 is 0 Å². The summed E-state index contributed by atoms with van der Waals surface area (Å²) in [5, 5.41) is 0. The van der Waals surface area contributed by atoms with E-state index in [1.807, 2.05) is 0 Å². The highest BCUT2D eigenvalue weighted by Gasteiger charge is 2.20. The molecule has 0 heterocycles. The molecule has 98 valence electrons. The molecule has 0 radical (unpaired) electrons. The summed E-state index contributed by atoms with van der Waals surface area (Å²) >= 11 is 0. The molecular weight excluding hydrogens is 220 g/mol. The van der Waals surface area contributed by atoms with E-state index in [-0.39, 0.29) is 0 Å². The van der Waals surface area contributed by atoms with Crippen molar-refractivity contribution in [1.82, 2.24) is 0 Å². The van der Waals surface area contributed by atoms with Crippen LogP contribution in [0.5, 0.6) is 0 Å². The Morgan fingerprint density at radius 1 is 0.938 bits per heavy atom. The molecule has 0 rings (SSSR count). The fraction of sp³-hybridized carbons (Fsp3) is 1.00. The average Bonchev–Trinajstić information content (AvgIpc) is 2.22. The first kappa shape index (κ1) is 16.1. The zero-order valence-corrected chi connectivity index (χ0v) is 12.4. The van der Waals surface area contributed by atoms with E-state index < -0.39 is 8.32 Å². The maximum Gasteiger partial charge on any atom is 0.186 e. The maximum atomic E-state index is 5.76. The van der Waals surface area contributed by atoms with Crippen LogP contribution in [0.2, 0.25) is 19.1 Å². The smallest absolute Gasteiger partial charge is 0.186 e. The summed E-state index contributed by atoms with van der Waals surface area (Å²) in [5.74, 6) is 0. The number of hydrogen-bond acceptors (Lipinski definition) is 3. The van der Waals surface area contributed by atoms with Crippen molar-refractivity contribution in [2.24, 2.45) is 0 Å². The Morgan fingerprint density at radius 2 is 1.56 bits per heavy atom. The first-order valence-electron chi connectivity index (χ1n) is 6.33. The number of rotatable bonds is 11. The molecule has 0 atom stereocenters. The van der Waals surface area contributed by atoms with E-state index in [0.717, 1.165) is 45.7 Å². The van der Waals surface area contributed by atoms with Crippen LogP contribution in [0.1, 0.15) is 26.2 Å². The summed E-state index contributed by atoms with van der Waals surface area (Å²) in [5.41, 5.74) is 0. The summed E-state index contributed by atoms with van der Waals surface area (Å²) in [7, 11) is 0.353. The summed E-state index contributed by atoms with van der Waals surface area (Å²) in [6, 6.07) is 1.19. The lowest BCUT2D eigenvalue weighted by atomic mass is 10.3. The predicted octanol–water partition coefficient (Wildman–Crippen LogP) is 3.06. The fourth-order valence-corrected chi connectivity index (χ4v) is 3.54. The highest BCUT2D eigenvalue weighted by atomic mass is 28.4. The van der Waals surface area contributed by atoms with E-state index in [4.69, 9.17) is 13.9 Å². The molecule has 0 fully saturated rings. The second kappa shape index (κ2) is 10.3. The Kier molecular flexibility index (Phi) is 10.3. The average molecular weight is 248 g/mol. The lowest BCUT2D eigenvalue weighted by Gasteiger charge is -2.21. The van der Waals surface area contributed by atoms with Gasteiger partial charge in [0.15, 0.2) is 8.32 Å². The van der Waals surface area contributed by atoms with Gasteiger partial charge in [-0.05, 0) is 45.3 Å². The first-order chi connectivity index (χ1) is 7.62. The van der Waals surface area contributed by atoms with Crippen LogP contribution in [0.25, 0.3) is 0 Å². The van der Waals surface area contributed by atoms with E-state index in [9.17, 15) is 0 Å². The Bertz CT molecular complexity index is 151. The minimum atomic E-state index is -1.38. The maximum absolute atomic E-state index is 5.76. The molecular formula is C12H28O3Si. The topological polar surface area (TPSA) is 27.7 Å². The molecule has 0 aliphatic rings. The van der Waals surface area contributed by atoms with Gasteiger partial charge in [-0.15, -0.1) is 0 Å². The summed E-state index contributed by atoms with van der Waals surface area (Å²) in [4.78, 5) is 0. The number of methoxy groups -OCH3 is 1. The molecule has 0 aromatic heterocycles. The van der Waals surface area contributed by atoms with Crippen LogP contribution in [0.3, 0.4) is 0 Å². The summed E-state index contributed by atoms with van der Waals surface area (Å²) < 4.78 is 16.3. The molecule has 4 heteroatoms. The van der Waals surface area contributed by atoms with Crippen LogP contribution in [0.4, 0.5) is 0 Å². The van der Waals surface area contributed by atoms with Crippen LogP contribution in [-0.4, -0.2) is 41.9 Å². The molecule has 0 unspecified atom stereocenters. The van der Waals surface area contributed by atoms with Crippen LogP contribution in [-0.2, 0) is 13.9 Å². The highest BCUT2D eigenvalue weighted by Crippen LogP contribution is 2.13. The van der Waals surface area contributed by atoms with E-state index in [1.165, 1.54) is 6.04 Å². The van der Waals surface area contributed by atoms with E-state index in [1.54, 1.807) is 7.11 Å². The molecule has 0 amide bonds. The largest absolute Gasteiger partial charge is 0.418 e. The van der Waals surface area contributed by atoms with Gasteiger partial charge in [-0.2, -0.15) is 0 Å². The number of hydrogen-bond donors (Lipinski definition) is 0. The molecule has 0 N–H and O–H groups in total. The van der Waals surface area contributed by atoms with Crippen molar-refractivity contribution in [1.29, 1.82) is 0 Å². The van der Waals surface area contributed by atoms with Crippen LogP contribution >= 0.6 is 0 Å². The van der Waals surface area contributed by atoms with E-state index in [2.05, 4.69) is 20.0 Å². The lowest BCUT2D eigenvalue weighted by Crippen LogP contribution is -2.30. The van der Waals surface area contributed by atoms with Gasteiger partial charge in [0.05, 0.1) is 0 Å². The van der Waals surface area contributed by atoms with Crippen molar-refractivity contribution in [3.8, 4) is 0 Å². The molecule has 3 nitrogen and oxygen atoms in total. The zero-order valence-electron chi connectivity index (χ0n) is 11.4. The molecule has 0 saturated carbocycles. The van der Waals surface area contributed by atoms with Gasteiger partial charge in [0.2, 0.25) is 0 Å². The summed E-state index contributed by atoms with van der Waals surface area (Å²) in [6.07, 6.45) is 3.32.